The van der Waals surface area contributed by atoms with Gasteiger partial charge < -0.3 is 0 Å². The molecule has 16 heteroatoms. The molecule has 5 rings (SSSR count). The molecule has 0 amide bonds. The van der Waals surface area contributed by atoms with Crippen LogP contribution in [0.25, 0.3) is 22.3 Å². The maximum Gasteiger partial charge on any atom is 0.416 e. The zero-order chi connectivity index (χ0) is 29.4. The molecule has 9 nitrogen and oxygen atoms in total. The summed E-state index contributed by atoms with van der Waals surface area (Å²) in [6.07, 6.45) is -9.99. The van der Waals surface area contributed by atoms with Gasteiger partial charge in [0.2, 0.25) is 5.13 Å². The molecule has 0 fully saturated rings. The number of thiazole rings is 1. The highest BCUT2D eigenvalue weighted by Gasteiger charge is 2.37. The molecule has 0 aliphatic heterocycles. The molecule has 2 aromatic heterocycles. The molecule has 41 heavy (non-hydrogen) atoms. The van der Waals surface area contributed by atoms with E-state index in [9.17, 15) is 36.5 Å². The van der Waals surface area contributed by atoms with Crippen molar-refractivity contribution in [3.63, 3.8) is 0 Å². The van der Waals surface area contributed by atoms with Crippen LogP contribution in [-0.2, 0) is 18.9 Å². The van der Waals surface area contributed by atoms with Gasteiger partial charge >= 0.3 is 12.4 Å². The molecule has 5 aromatic rings. The predicted molar refractivity (Wildman–Crippen MR) is 138 cm³/mol. The summed E-state index contributed by atoms with van der Waals surface area (Å²) in [6, 6.07) is 13.9. The monoisotopic (exact) mass is 591 g/mol. The van der Waals surface area contributed by atoms with Crippen molar-refractivity contribution >= 4 is 38.9 Å². The third-order valence-corrected chi connectivity index (χ3v) is 6.55. The second kappa shape index (κ2) is 10.6. The highest BCUT2D eigenvalue weighted by atomic mass is 32.1. The zero-order valence-corrected chi connectivity index (χ0v) is 21.1. The van der Waals surface area contributed by atoms with Gasteiger partial charge in [-0.3, -0.25) is 15.5 Å². The first-order chi connectivity index (χ1) is 19.4. The lowest BCUT2D eigenvalue weighted by atomic mass is 10.0. The normalized spacial score (nSPS) is 12.6. The van der Waals surface area contributed by atoms with Crippen molar-refractivity contribution in [2.75, 3.05) is 5.43 Å². The number of hydrazone groups is 1. The van der Waals surface area contributed by atoms with E-state index in [0.29, 0.717) is 34.4 Å². The van der Waals surface area contributed by atoms with Crippen LogP contribution in [0.3, 0.4) is 0 Å². The molecule has 3 aromatic carbocycles. The van der Waals surface area contributed by atoms with Crippen LogP contribution in [0.4, 0.5) is 37.2 Å². The fourth-order valence-electron chi connectivity index (χ4n) is 3.82. The Hall–Kier alpha value is -4.86. The highest BCUT2D eigenvalue weighted by Crippen LogP contribution is 2.39. The molecule has 0 bridgehead atoms. The minimum absolute atomic E-state index is 0.0453. The van der Waals surface area contributed by atoms with Gasteiger partial charge in [-0.05, 0) is 42.5 Å². The smallest absolute Gasteiger partial charge is 0.258 e. The van der Waals surface area contributed by atoms with Crippen LogP contribution in [0.1, 0.15) is 16.7 Å². The molecule has 0 aliphatic rings. The van der Waals surface area contributed by atoms with Crippen molar-refractivity contribution in [1.82, 2.24) is 20.0 Å². The number of halogens is 6. The molecule has 0 radical (unpaired) electrons. The first-order valence-electron chi connectivity index (χ1n) is 11.5. The lowest BCUT2D eigenvalue weighted by Crippen LogP contribution is -2.15. The number of nitro groups is 1. The Morgan fingerprint density at radius 2 is 1.63 bits per heavy atom. The Kier molecular flexibility index (Phi) is 7.17. The number of nitrogens with zero attached hydrogens (tertiary/aromatic N) is 6. The summed E-state index contributed by atoms with van der Waals surface area (Å²) < 4.78 is 81.3. The molecule has 0 atom stereocenters. The van der Waals surface area contributed by atoms with Crippen LogP contribution in [-0.4, -0.2) is 30.6 Å². The summed E-state index contributed by atoms with van der Waals surface area (Å²) >= 11 is 0.909. The lowest BCUT2D eigenvalue weighted by Gasteiger charge is -2.13. The van der Waals surface area contributed by atoms with Gasteiger partial charge in [-0.25, -0.2) is 9.67 Å². The number of non-ortho nitro benzene ring substituents is 1. The number of alkyl halides is 6. The Bertz CT molecular complexity index is 1730. The molecule has 0 saturated carbocycles. The molecule has 1 N–H and O–H groups in total. The Morgan fingerprint density at radius 1 is 0.976 bits per heavy atom. The minimum atomic E-state index is -5.00. The largest absolute Gasteiger partial charge is 0.416 e. The molecule has 0 spiro atoms. The number of rotatable bonds is 7. The lowest BCUT2D eigenvalue weighted by molar-refractivity contribution is -0.384. The standard InChI is InChI=1S/C25H15F6N7O2S/c26-24(27,28)16-9-15(10-17(11-16)25(29,30)31)21-13-41-23(32-21)35-33-20(14-5-7-18(8-6-14)38(39)40)12-37-22-4-2-1-3-19(22)34-36-37/h1-11,13H,12H2,(H,32,35)/b33-20-. The zero-order valence-electron chi connectivity index (χ0n) is 20.3. The number of fused-ring (bicyclic) bond motifs is 1. The van der Waals surface area contributed by atoms with Gasteiger partial charge in [0.1, 0.15) is 5.52 Å². The summed E-state index contributed by atoms with van der Waals surface area (Å²) in [5.41, 5.74) is 1.25. The number of nitro benzene ring substituents is 1. The summed E-state index contributed by atoms with van der Waals surface area (Å²) in [6.45, 7) is 0.0616. The van der Waals surface area contributed by atoms with Gasteiger partial charge in [0.05, 0.1) is 39.5 Å². The SMILES string of the molecule is O=[N+]([O-])c1ccc(/C(Cn2nnc3ccccc32)=N\Nc2nc(-c3cc(C(F)(F)F)cc(C(F)(F)F)c3)cs2)cc1. The van der Waals surface area contributed by atoms with Gasteiger partial charge in [0.25, 0.3) is 5.69 Å². The summed E-state index contributed by atoms with van der Waals surface area (Å²) in [5.74, 6) is 0. The number of anilines is 1. The third-order valence-electron chi connectivity index (χ3n) is 5.81. The number of hydrogen-bond donors (Lipinski definition) is 1. The molecule has 0 saturated heterocycles. The van der Waals surface area contributed by atoms with Crippen LogP contribution in [0, 0.1) is 10.1 Å². The molecular weight excluding hydrogens is 576 g/mol. The number of aromatic nitrogens is 4. The molecule has 210 valence electrons. The van der Waals surface area contributed by atoms with Crippen LogP contribution in [0.15, 0.2) is 77.2 Å². The highest BCUT2D eigenvalue weighted by molar-refractivity contribution is 7.14. The Labute approximate surface area is 229 Å². The Morgan fingerprint density at radius 3 is 2.27 bits per heavy atom. The fourth-order valence-corrected chi connectivity index (χ4v) is 4.48. The first-order valence-corrected chi connectivity index (χ1v) is 12.4. The minimum Gasteiger partial charge on any atom is -0.258 e. The quantitative estimate of drug-likeness (QED) is 0.0943. The van der Waals surface area contributed by atoms with Crippen LogP contribution in [0.2, 0.25) is 0 Å². The van der Waals surface area contributed by atoms with Crippen LogP contribution in [0.5, 0.6) is 0 Å². The van der Waals surface area contributed by atoms with Crippen LogP contribution >= 0.6 is 11.3 Å². The van der Waals surface area contributed by atoms with Gasteiger partial charge in [-0.1, -0.05) is 17.3 Å². The van der Waals surface area contributed by atoms with E-state index in [2.05, 4.69) is 25.8 Å². The first kappa shape index (κ1) is 27.7. The number of nitrogens with one attached hydrogen (secondary N) is 1. The van der Waals surface area contributed by atoms with E-state index in [-0.39, 0.29) is 34.7 Å². The van der Waals surface area contributed by atoms with Gasteiger partial charge in [0.15, 0.2) is 0 Å². The van der Waals surface area contributed by atoms with E-state index in [1.54, 1.807) is 28.9 Å². The topological polar surface area (TPSA) is 111 Å². The summed E-state index contributed by atoms with van der Waals surface area (Å²) in [4.78, 5) is 14.6. The number of hydrogen-bond acceptors (Lipinski definition) is 8. The molecule has 2 heterocycles. The van der Waals surface area contributed by atoms with Gasteiger partial charge in [-0.15, -0.1) is 16.4 Å². The third kappa shape index (κ3) is 6.16. The van der Waals surface area contributed by atoms with E-state index in [1.807, 2.05) is 0 Å². The summed E-state index contributed by atoms with van der Waals surface area (Å²) in [7, 11) is 0. The summed E-state index contributed by atoms with van der Waals surface area (Å²) in [5, 5.41) is 25.0. The maximum atomic E-state index is 13.3. The van der Waals surface area contributed by atoms with Crippen molar-refractivity contribution in [2.45, 2.75) is 18.9 Å². The van der Waals surface area contributed by atoms with Crippen molar-refractivity contribution in [1.29, 1.82) is 0 Å². The van der Waals surface area contributed by atoms with Crippen molar-refractivity contribution in [3.05, 3.63) is 98.9 Å². The van der Waals surface area contributed by atoms with Crippen LogP contribution < -0.4 is 5.43 Å². The van der Waals surface area contributed by atoms with Crippen molar-refractivity contribution in [2.24, 2.45) is 5.10 Å². The molecule has 0 unspecified atom stereocenters. The van der Waals surface area contributed by atoms with E-state index < -0.39 is 28.4 Å². The second-order valence-electron chi connectivity index (χ2n) is 8.54. The average Bonchev–Trinajstić information content (AvgIpc) is 3.57. The van der Waals surface area contributed by atoms with Gasteiger partial charge in [0, 0.05) is 28.6 Å². The van der Waals surface area contributed by atoms with E-state index >= 15 is 0 Å². The predicted octanol–water partition coefficient (Wildman–Crippen LogP) is 7.02. The maximum absolute atomic E-state index is 13.3. The average molecular weight is 591 g/mol. The molecule has 0 aliphatic carbocycles. The van der Waals surface area contributed by atoms with Crippen molar-refractivity contribution < 1.29 is 31.3 Å². The van der Waals surface area contributed by atoms with Gasteiger partial charge in [-0.2, -0.15) is 31.4 Å². The number of para-hydroxylation sites is 1. The van der Waals surface area contributed by atoms with Crippen molar-refractivity contribution in [3.8, 4) is 11.3 Å². The van der Waals surface area contributed by atoms with E-state index in [0.717, 1.165) is 11.3 Å². The second-order valence-corrected chi connectivity index (χ2v) is 9.40. The number of benzene rings is 3. The van der Waals surface area contributed by atoms with E-state index in [1.165, 1.54) is 29.6 Å². The molecular formula is C25H15F6N7O2S. The fraction of sp³-hybridized carbons (Fsp3) is 0.120. The Balaban J connectivity index is 1.48. The van der Waals surface area contributed by atoms with E-state index in [4.69, 9.17) is 0 Å².